The van der Waals surface area contributed by atoms with Crippen molar-refractivity contribution in [2.75, 3.05) is 0 Å². The van der Waals surface area contributed by atoms with Crippen LogP contribution in [-0.2, 0) is 57.0 Å². The van der Waals surface area contributed by atoms with E-state index >= 15 is 0 Å². The van der Waals surface area contributed by atoms with Crippen molar-refractivity contribution in [3.8, 4) is 0 Å². The Hall–Kier alpha value is -3.25. The van der Waals surface area contributed by atoms with Crippen LogP contribution < -0.4 is 9.97 Å². The minimum Gasteiger partial charge on any atom is -0.657 e. The molecule has 1 aromatic carbocycles. The SMILES string of the molecule is CCC1=C(CC)c2cc3[n-]c(cc4[n-]c(c(CC)c4CC)c4ccc(CCCCCCCC(F)(F)F)c5c4nc(cc1n2)C5(CC)CC)c(CC)c3CC.[Zn+2]. The van der Waals surface area contributed by atoms with E-state index in [0.717, 1.165) is 127 Å². The standard InChI is InChI=1S/C47H59F3N4.Zn/c1-9-30-31(10-2)39-27-40-34(13-5)35(14-6)44(53-40)36-24-23-29(22-20-18-17-19-21-25-47(48,49)50)43-45(36)54-42(46(43,15-7)16-8)28-41-33(12-4)32(11-3)38(52-41)26-37(30)51-39;/h23-24,26-28H,9-22,25H2,1-8H3;/q-2;+2. The molecule has 0 aliphatic carbocycles. The van der Waals surface area contributed by atoms with Gasteiger partial charge in [0.05, 0.1) is 22.6 Å². The van der Waals surface area contributed by atoms with E-state index in [9.17, 15) is 13.2 Å². The van der Waals surface area contributed by atoms with Gasteiger partial charge in [0.2, 0.25) is 0 Å². The molecule has 0 fully saturated rings. The molecule has 6 rings (SSSR count). The van der Waals surface area contributed by atoms with Gasteiger partial charge in [-0.2, -0.15) is 13.2 Å². The molecule has 0 unspecified atom stereocenters. The first kappa shape index (κ1) is 42.9. The molecule has 55 heavy (non-hydrogen) atoms. The van der Waals surface area contributed by atoms with Gasteiger partial charge < -0.3 is 9.97 Å². The van der Waals surface area contributed by atoms with Crippen LogP contribution in [0.4, 0.5) is 13.2 Å². The number of hydrogen-bond acceptors (Lipinski definition) is 2. The number of benzene rings is 1. The molecule has 0 atom stereocenters. The van der Waals surface area contributed by atoms with Crippen molar-refractivity contribution in [3.05, 3.63) is 80.8 Å². The zero-order valence-electron chi connectivity index (χ0n) is 34.6. The van der Waals surface area contributed by atoms with Crippen LogP contribution in [0, 0.1) is 0 Å². The first-order valence-corrected chi connectivity index (χ1v) is 20.9. The summed E-state index contributed by atoms with van der Waals surface area (Å²) < 4.78 is 38.2. The molecular weight excluding hydrogens is 743 g/mol. The van der Waals surface area contributed by atoms with Gasteiger partial charge in [-0.25, -0.2) is 4.98 Å². The maximum Gasteiger partial charge on any atom is 2.00 e. The van der Waals surface area contributed by atoms with Gasteiger partial charge in [-0.3, -0.25) is 4.98 Å². The van der Waals surface area contributed by atoms with Gasteiger partial charge in [0.25, 0.3) is 0 Å². The molecule has 8 heteroatoms. The third kappa shape index (κ3) is 8.01. The summed E-state index contributed by atoms with van der Waals surface area (Å²) in [5.74, 6) is 0. The Morgan fingerprint density at radius 3 is 1.73 bits per heavy atom. The van der Waals surface area contributed by atoms with Crippen molar-refractivity contribution < 1.29 is 32.6 Å². The molecule has 0 radical (unpaired) electrons. The Kier molecular flexibility index (Phi) is 14.0. The molecule has 290 valence electrons. The Morgan fingerprint density at radius 1 is 0.600 bits per heavy atom. The van der Waals surface area contributed by atoms with Crippen molar-refractivity contribution in [2.24, 2.45) is 0 Å². The molecule has 2 aliphatic rings. The molecule has 3 aromatic heterocycles. The topological polar surface area (TPSA) is 54.0 Å². The van der Waals surface area contributed by atoms with Gasteiger partial charge in [0, 0.05) is 11.8 Å². The number of fused-ring (bicyclic) bond motifs is 8. The molecule has 2 aliphatic heterocycles. The third-order valence-corrected chi connectivity index (χ3v) is 12.4. The third-order valence-electron chi connectivity index (χ3n) is 12.4. The summed E-state index contributed by atoms with van der Waals surface area (Å²) in [5, 5.41) is 1.09. The van der Waals surface area contributed by atoms with Crippen molar-refractivity contribution in [1.82, 2.24) is 19.9 Å². The van der Waals surface area contributed by atoms with Crippen LogP contribution >= 0.6 is 0 Å². The molecular formula is C47H59F3N4Zn. The molecule has 5 heterocycles. The van der Waals surface area contributed by atoms with Crippen LogP contribution in [0.25, 0.3) is 44.1 Å². The summed E-state index contributed by atoms with van der Waals surface area (Å²) in [6.45, 7) is 17.9. The predicted molar refractivity (Wildman–Crippen MR) is 220 cm³/mol. The minimum absolute atomic E-state index is 0. The van der Waals surface area contributed by atoms with E-state index in [1.807, 2.05) is 0 Å². The van der Waals surface area contributed by atoms with Crippen molar-refractivity contribution in [2.45, 2.75) is 163 Å². The second kappa shape index (κ2) is 17.9. The van der Waals surface area contributed by atoms with E-state index < -0.39 is 12.6 Å². The quantitative estimate of drug-likeness (QED) is 0.0887. The molecule has 4 aromatic rings. The molecule has 4 nitrogen and oxygen atoms in total. The number of alkyl halides is 3. The second-order valence-electron chi connectivity index (χ2n) is 15.2. The van der Waals surface area contributed by atoms with Crippen molar-refractivity contribution >= 4 is 44.1 Å². The average Bonchev–Trinajstić information content (AvgIpc) is 3.88. The number of unbranched alkanes of at least 4 members (excludes halogenated alkanes) is 4. The van der Waals surface area contributed by atoms with Crippen LogP contribution in [0.3, 0.4) is 0 Å². The number of aryl methyl sites for hydroxylation is 5. The Balaban J connectivity index is 0.00000580. The number of nitrogens with zero attached hydrogens (tertiary/aromatic N) is 4. The van der Waals surface area contributed by atoms with Gasteiger partial charge in [0.15, 0.2) is 0 Å². The van der Waals surface area contributed by atoms with Gasteiger partial charge in [0.1, 0.15) is 0 Å². The van der Waals surface area contributed by atoms with Gasteiger partial charge in [-0.1, -0.05) is 121 Å². The fourth-order valence-electron chi connectivity index (χ4n) is 9.61. The van der Waals surface area contributed by atoms with E-state index in [1.54, 1.807) is 0 Å². The van der Waals surface area contributed by atoms with Gasteiger partial charge in [-0.15, -0.1) is 22.1 Å². The Bertz CT molecular complexity index is 2200. The first-order chi connectivity index (χ1) is 26.0. The molecule has 0 saturated heterocycles. The second-order valence-corrected chi connectivity index (χ2v) is 15.2. The number of hydrogen-bond donors (Lipinski definition) is 0. The number of rotatable bonds is 15. The van der Waals surface area contributed by atoms with Crippen LogP contribution in [0.15, 0.2) is 30.3 Å². The first-order valence-electron chi connectivity index (χ1n) is 20.9. The Morgan fingerprint density at radius 2 is 1.15 bits per heavy atom. The minimum atomic E-state index is -4.07. The smallest absolute Gasteiger partial charge is 0.657 e. The number of allylic oxidation sites excluding steroid dienone is 2. The predicted octanol–water partition coefficient (Wildman–Crippen LogP) is 13.3. The summed E-state index contributed by atoms with van der Waals surface area (Å²) in [7, 11) is 0. The van der Waals surface area contributed by atoms with E-state index in [4.69, 9.17) is 19.9 Å². The largest absolute Gasteiger partial charge is 2.00 e. The summed E-state index contributed by atoms with van der Waals surface area (Å²) in [6, 6.07) is 11.3. The summed E-state index contributed by atoms with van der Waals surface area (Å²) in [5.41, 5.74) is 18.2. The molecule has 0 saturated carbocycles. The number of aromatic nitrogens is 4. The summed E-state index contributed by atoms with van der Waals surface area (Å²) in [6.07, 6.45) is 6.71. The maximum absolute atomic E-state index is 12.7. The Labute approximate surface area is 339 Å². The van der Waals surface area contributed by atoms with Crippen molar-refractivity contribution in [1.29, 1.82) is 0 Å². The number of halogens is 3. The molecule has 8 bridgehead atoms. The molecule has 0 spiro atoms. The van der Waals surface area contributed by atoms with Crippen LogP contribution in [-0.4, -0.2) is 16.1 Å². The summed E-state index contributed by atoms with van der Waals surface area (Å²) >= 11 is 0. The van der Waals surface area contributed by atoms with Crippen molar-refractivity contribution in [3.63, 3.8) is 0 Å². The van der Waals surface area contributed by atoms with E-state index in [1.165, 1.54) is 44.5 Å². The average molecular weight is 802 g/mol. The van der Waals surface area contributed by atoms with Gasteiger partial charge >= 0.3 is 25.7 Å². The van der Waals surface area contributed by atoms with Crippen LogP contribution in [0.1, 0.15) is 170 Å². The van der Waals surface area contributed by atoms with Crippen LogP contribution in [0.5, 0.6) is 0 Å². The van der Waals surface area contributed by atoms with Gasteiger partial charge in [-0.05, 0) is 104 Å². The molecule has 0 amide bonds. The fourth-order valence-corrected chi connectivity index (χ4v) is 9.61. The normalized spacial score (nSPS) is 14.0. The maximum atomic E-state index is 12.7. The zero-order valence-corrected chi connectivity index (χ0v) is 37.6. The monoisotopic (exact) mass is 800 g/mol. The van der Waals surface area contributed by atoms with Crippen LogP contribution in [0.2, 0.25) is 0 Å². The molecule has 0 N–H and O–H groups in total. The zero-order chi connectivity index (χ0) is 38.8. The van der Waals surface area contributed by atoms with E-state index in [-0.39, 0.29) is 31.3 Å². The van der Waals surface area contributed by atoms with E-state index in [2.05, 4.69) is 85.7 Å². The fraction of sp³-hybridized carbons (Fsp3) is 0.532. The van der Waals surface area contributed by atoms with E-state index in [0.29, 0.717) is 6.42 Å². The summed E-state index contributed by atoms with van der Waals surface area (Å²) in [4.78, 5) is 21.9.